The molecule has 4 aliphatic rings. The lowest BCUT2D eigenvalue weighted by molar-refractivity contribution is -0.0922. The fourth-order valence-corrected chi connectivity index (χ4v) is 10.3. The van der Waals surface area contributed by atoms with E-state index in [-0.39, 0.29) is 24.2 Å². The topological polar surface area (TPSA) is 90.2 Å². The maximum atomic E-state index is 14.5. The third kappa shape index (κ3) is 9.38. The van der Waals surface area contributed by atoms with Crippen molar-refractivity contribution in [2.24, 2.45) is 11.3 Å². The molecule has 0 unspecified atom stereocenters. The Bertz CT molecular complexity index is 1950. The maximum absolute atomic E-state index is 14.5. The molecule has 0 radical (unpaired) electrons. The summed E-state index contributed by atoms with van der Waals surface area (Å²) in [5.74, 6) is 0.248. The van der Waals surface area contributed by atoms with Crippen molar-refractivity contribution in [1.29, 1.82) is 0 Å². The van der Waals surface area contributed by atoms with Crippen LogP contribution in [0.4, 0.5) is 0 Å². The van der Waals surface area contributed by atoms with Crippen LogP contribution >= 0.6 is 0 Å². The summed E-state index contributed by atoms with van der Waals surface area (Å²) >= 11 is 0. The molecule has 5 atom stereocenters. The molecule has 2 saturated carbocycles. The highest BCUT2D eigenvalue weighted by Gasteiger charge is 2.57. The minimum atomic E-state index is -1.09. The molecule has 4 aliphatic carbocycles. The highest BCUT2D eigenvalue weighted by molar-refractivity contribution is 5.99. The minimum Gasteiger partial charge on any atom is -0.393 e. The van der Waals surface area contributed by atoms with Crippen molar-refractivity contribution in [2.45, 2.75) is 128 Å². The van der Waals surface area contributed by atoms with Gasteiger partial charge in [-0.2, -0.15) is 0 Å². The van der Waals surface area contributed by atoms with Crippen molar-refractivity contribution < 1.29 is 24.9 Å². The fraction of sp³-hybridized carbons (Fsp3) is 0.500. The number of rotatable bonds is 12. The first-order valence-electron chi connectivity index (χ1n) is 21.3. The van der Waals surface area contributed by atoms with Gasteiger partial charge in [0, 0.05) is 36.5 Å². The summed E-state index contributed by atoms with van der Waals surface area (Å²) in [5, 5.41) is 38.2. The number of aliphatic hydroxyl groups is 3. The summed E-state index contributed by atoms with van der Waals surface area (Å²) in [6.07, 6.45) is 11.3. The average molecular weight is 758 g/mol. The SMILES string of the molecule is CC1=CCC[C@@]2(C)[C@@H](CC[C@@]2(O)CN(Cc2cccc3ccccc23)C[C@@H](O)COCc2ccccc2)c2ccc(cc2C(=O)C2CCCCC2)C[C@@H](O)CC1. The maximum Gasteiger partial charge on any atom is 0.166 e. The lowest BCUT2D eigenvalue weighted by Crippen LogP contribution is -2.53. The van der Waals surface area contributed by atoms with Crippen LogP contribution in [0.25, 0.3) is 10.8 Å². The van der Waals surface area contributed by atoms with Gasteiger partial charge in [-0.1, -0.05) is 123 Å². The van der Waals surface area contributed by atoms with Crippen LogP contribution in [-0.2, 0) is 24.3 Å². The fourth-order valence-electron chi connectivity index (χ4n) is 10.3. The molecule has 2 fully saturated rings. The normalized spacial score (nSPS) is 25.5. The van der Waals surface area contributed by atoms with Gasteiger partial charge in [0.1, 0.15) is 0 Å². The lowest BCUT2D eigenvalue weighted by atomic mass is 9.64. The van der Waals surface area contributed by atoms with Gasteiger partial charge in [0.05, 0.1) is 31.0 Å². The number of carbonyl (C=O) groups excluding carboxylic acids is 1. The quantitative estimate of drug-likeness (QED) is 0.0986. The second kappa shape index (κ2) is 18.3. The minimum absolute atomic E-state index is 0.0239. The molecule has 0 aliphatic heterocycles. The van der Waals surface area contributed by atoms with Crippen molar-refractivity contribution in [2.75, 3.05) is 19.7 Å². The first-order valence-corrected chi connectivity index (χ1v) is 21.3. The molecular formula is C50H63NO5. The van der Waals surface area contributed by atoms with Crippen LogP contribution in [0.2, 0.25) is 0 Å². The van der Waals surface area contributed by atoms with E-state index in [1.54, 1.807) is 0 Å². The standard InChI is InChI=1S/C50H63NO5/c1-36-13-12-27-49(2)47(45-25-23-38(29-42(52)24-22-36)30-46(45)48(54)40-17-7-4-8-18-40)26-28-50(49,55)35-51(31-41-20-11-19-39-16-9-10-21-44(39)41)32-43(53)34-56-33-37-14-5-3-6-15-37/h3,5-6,9-11,13-16,19-21,23,25,30,40,42-43,47,52-53,55H,4,7-8,12,17-18,22,24,26-29,31-35H2,1-2H3/t42-,43+,47-,49-,50+/m0/s1. The Morgan fingerprint density at radius 1 is 0.911 bits per heavy atom. The van der Waals surface area contributed by atoms with E-state index in [4.69, 9.17) is 4.74 Å². The van der Waals surface area contributed by atoms with Crippen LogP contribution in [0.3, 0.4) is 0 Å². The Labute approximate surface area is 334 Å². The Morgan fingerprint density at radius 2 is 1.68 bits per heavy atom. The van der Waals surface area contributed by atoms with E-state index in [0.717, 1.165) is 79.2 Å². The number of hydrogen-bond acceptors (Lipinski definition) is 6. The first kappa shape index (κ1) is 40.5. The van der Waals surface area contributed by atoms with Crippen LogP contribution in [0.15, 0.2) is 103 Å². The number of ether oxygens (including phenoxy) is 1. The van der Waals surface area contributed by atoms with Crippen molar-refractivity contribution in [3.05, 3.63) is 130 Å². The number of ketones is 1. The van der Waals surface area contributed by atoms with Gasteiger partial charge in [-0.25, -0.2) is 0 Å². The lowest BCUT2D eigenvalue weighted by Gasteiger charge is -2.46. The molecule has 6 nitrogen and oxygen atoms in total. The van der Waals surface area contributed by atoms with Crippen LogP contribution in [0, 0.1) is 11.3 Å². The monoisotopic (exact) mass is 757 g/mol. The molecule has 56 heavy (non-hydrogen) atoms. The van der Waals surface area contributed by atoms with E-state index in [0.29, 0.717) is 45.5 Å². The van der Waals surface area contributed by atoms with E-state index >= 15 is 0 Å². The number of allylic oxidation sites excluding steroid dienone is 2. The van der Waals surface area contributed by atoms with E-state index in [1.165, 1.54) is 22.8 Å². The molecule has 0 saturated heterocycles. The zero-order valence-corrected chi connectivity index (χ0v) is 33.7. The van der Waals surface area contributed by atoms with Gasteiger partial charge in [-0.3, -0.25) is 9.69 Å². The largest absolute Gasteiger partial charge is 0.393 e. The Kier molecular flexibility index (Phi) is 13.2. The van der Waals surface area contributed by atoms with Gasteiger partial charge in [0.25, 0.3) is 0 Å². The Morgan fingerprint density at radius 3 is 2.50 bits per heavy atom. The Hall–Kier alpha value is -3.65. The van der Waals surface area contributed by atoms with Crippen molar-refractivity contribution in [3.63, 3.8) is 0 Å². The number of carbonyl (C=O) groups is 1. The van der Waals surface area contributed by atoms with Gasteiger partial charge in [0.2, 0.25) is 0 Å². The van der Waals surface area contributed by atoms with E-state index in [9.17, 15) is 20.1 Å². The van der Waals surface area contributed by atoms with E-state index in [1.807, 2.05) is 30.3 Å². The van der Waals surface area contributed by atoms with Gasteiger partial charge in [0.15, 0.2) is 5.78 Å². The predicted octanol–water partition coefficient (Wildman–Crippen LogP) is 9.72. The molecule has 0 aromatic heterocycles. The highest BCUT2D eigenvalue weighted by Crippen LogP contribution is 2.59. The number of aliphatic hydroxyl groups excluding tert-OH is 2. The van der Waals surface area contributed by atoms with E-state index in [2.05, 4.69) is 85.5 Å². The van der Waals surface area contributed by atoms with Crippen LogP contribution in [0.1, 0.15) is 123 Å². The van der Waals surface area contributed by atoms with Crippen molar-refractivity contribution >= 4 is 16.6 Å². The number of fused-ring (bicyclic) bond motifs is 9. The smallest absolute Gasteiger partial charge is 0.166 e. The number of nitrogens with zero attached hydrogens (tertiary/aromatic N) is 1. The molecule has 4 aromatic rings. The summed E-state index contributed by atoms with van der Waals surface area (Å²) in [6, 6.07) is 31.2. The molecule has 3 N–H and O–H groups in total. The number of benzene rings is 4. The highest BCUT2D eigenvalue weighted by atomic mass is 16.5. The number of hydrogen-bond donors (Lipinski definition) is 3. The van der Waals surface area contributed by atoms with Crippen molar-refractivity contribution in [1.82, 2.24) is 4.90 Å². The third-order valence-electron chi connectivity index (χ3n) is 13.6. The number of Topliss-reactive ketones (excluding diaryl/α,β-unsaturated/α-hetero) is 1. The summed E-state index contributed by atoms with van der Waals surface area (Å²) < 4.78 is 6.02. The van der Waals surface area contributed by atoms with Gasteiger partial charge >= 0.3 is 0 Å². The summed E-state index contributed by atoms with van der Waals surface area (Å²) in [5.41, 5.74) is 4.73. The van der Waals surface area contributed by atoms with Gasteiger partial charge < -0.3 is 20.1 Å². The molecule has 0 heterocycles. The van der Waals surface area contributed by atoms with E-state index < -0.39 is 23.2 Å². The third-order valence-corrected chi connectivity index (χ3v) is 13.6. The summed E-state index contributed by atoms with van der Waals surface area (Å²) in [7, 11) is 0. The summed E-state index contributed by atoms with van der Waals surface area (Å²) in [4.78, 5) is 16.8. The zero-order valence-electron chi connectivity index (χ0n) is 33.7. The zero-order chi connectivity index (χ0) is 39.1. The summed E-state index contributed by atoms with van der Waals surface area (Å²) in [6.45, 7) is 6.35. The van der Waals surface area contributed by atoms with Gasteiger partial charge in [-0.05, 0) is 110 Å². The van der Waals surface area contributed by atoms with Crippen LogP contribution in [-0.4, -0.2) is 63.5 Å². The molecule has 298 valence electrons. The molecule has 2 bridgehead atoms. The molecule has 0 amide bonds. The van der Waals surface area contributed by atoms with Crippen molar-refractivity contribution in [3.8, 4) is 0 Å². The average Bonchev–Trinajstić information content (AvgIpc) is 3.45. The molecular weight excluding hydrogens is 695 g/mol. The molecule has 0 spiro atoms. The first-order chi connectivity index (χ1) is 27.1. The van der Waals surface area contributed by atoms with Crippen LogP contribution in [0.5, 0.6) is 0 Å². The second-order valence-electron chi connectivity index (χ2n) is 17.6. The molecule has 6 heteroatoms. The Balaban J connectivity index is 1.22. The van der Waals surface area contributed by atoms with Gasteiger partial charge in [-0.15, -0.1) is 0 Å². The predicted molar refractivity (Wildman–Crippen MR) is 226 cm³/mol. The molecule has 4 aromatic carbocycles. The van der Waals surface area contributed by atoms with Crippen LogP contribution < -0.4 is 0 Å². The second-order valence-corrected chi connectivity index (χ2v) is 17.6. The molecule has 8 rings (SSSR count).